The zero-order chi connectivity index (χ0) is 8.27. The molecule has 0 radical (unpaired) electrons. The molecule has 0 aliphatic rings. The summed E-state index contributed by atoms with van der Waals surface area (Å²) in [5, 5.41) is 4.04. The molecule has 11 heavy (non-hydrogen) atoms. The van der Waals surface area contributed by atoms with Gasteiger partial charge in [0.1, 0.15) is 6.33 Å². The Kier molecular flexibility index (Phi) is 2.46. The Hall–Kier alpha value is -1.06. The molecule has 0 atom stereocenters. The van der Waals surface area contributed by atoms with E-state index in [0.717, 1.165) is 12.8 Å². The molecule has 0 spiro atoms. The molecule has 0 saturated carbocycles. The monoisotopic (exact) mass is 154 g/mol. The highest BCUT2D eigenvalue weighted by Crippen LogP contribution is 2.15. The molecule has 0 aliphatic heterocycles. The van der Waals surface area contributed by atoms with Gasteiger partial charge < -0.3 is 5.73 Å². The first-order chi connectivity index (χ1) is 5.29. The summed E-state index contributed by atoms with van der Waals surface area (Å²) in [4.78, 5) is 3.86. The summed E-state index contributed by atoms with van der Waals surface area (Å²) < 4.78 is 1.78. The molecule has 0 unspecified atom stereocenters. The van der Waals surface area contributed by atoms with Crippen LogP contribution < -0.4 is 5.73 Å². The Labute approximate surface area is 66.4 Å². The van der Waals surface area contributed by atoms with E-state index >= 15 is 0 Å². The molecule has 4 nitrogen and oxygen atoms in total. The number of rotatable bonds is 3. The summed E-state index contributed by atoms with van der Waals surface area (Å²) in [7, 11) is 0. The van der Waals surface area contributed by atoms with E-state index < -0.39 is 0 Å². The lowest BCUT2D eigenvalue weighted by Crippen LogP contribution is -2.11. The van der Waals surface area contributed by atoms with Gasteiger partial charge in [0.25, 0.3) is 0 Å². The number of hydrogen-bond donors (Lipinski definition) is 1. The van der Waals surface area contributed by atoms with Gasteiger partial charge in [-0.3, -0.25) is 0 Å². The maximum atomic E-state index is 5.58. The summed E-state index contributed by atoms with van der Waals surface area (Å²) in [5.74, 6) is 0.513. The molecule has 0 saturated heterocycles. The van der Waals surface area contributed by atoms with E-state index in [-0.39, 0.29) is 0 Å². The summed E-state index contributed by atoms with van der Waals surface area (Å²) in [5.41, 5.74) is 5.58. The van der Waals surface area contributed by atoms with Crippen LogP contribution >= 0.6 is 0 Å². The van der Waals surface area contributed by atoms with E-state index in [9.17, 15) is 0 Å². The van der Waals surface area contributed by atoms with Crippen LogP contribution in [0.15, 0.2) is 6.33 Å². The molecule has 1 heterocycles. The molecule has 0 aliphatic carbocycles. The van der Waals surface area contributed by atoms with Crippen molar-refractivity contribution in [3.05, 3.63) is 6.33 Å². The molecule has 2 N–H and O–H groups in total. The van der Waals surface area contributed by atoms with E-state index in [0.29, 0.717) is 12.0 Å². The van der Waals surface area contributed by atoms with Gasteiger partial charge >= 0.3 is 0 Å². The van der Waals surface area contributed by atoms with Crippen molar-refractivity contribution in [3.8, 4) is 0 Å². The quantitative estimate of drug-likeness (QED) is 0.712. The molecule has 1 aromatic rings. The van der Waals surface area contributed by atoms with Crippen molar-refractivity contribution < 1.29 is 0 Å². The predicted molar refractivity (Wildman–Crippen MR) is 44.1 cm³/mol. The van der Waals surface area contributed by atoms with Crippen LogP contribution in [0.4, 0.5) is 5.95 Å². The van der Waals surface area contributed by atoms with E-state index in [2.05, 4.69) is 23.9 Å². The van der Waals surface area contributed by atoms with E-state index in [4.69, 9.17) is 5.73 Å². The lowest BCUT2D eigenvalue weighted by Gasteiger charge is -2.12. The molecular weight excluding hydrogens is 140 g/mol. The Morgan fingerprint density at radius 3 is 2.55 bits per heavy atom. The van der Waals surface area contributed by atoms with E-state index in [1.54, 1.807) is 4.68 Å². The van der Waals surface area contributed by atoms with Crippen LogP contribution in [0.5, 0.6) is 0 Å². The lowest BCUT2D eigenvalue weighted by atomic mass is 10.2. The van der Waals surface area contributed by atoms with Gasteiger partial charge in [0.2, 0.25) is 5.95 Å². The van der Waals surface area contributed by atoms with Crippen LogP contribution in [-0.2, 0) is 0 Å². The van der Waals surface area contributed by atoms with Crippen LogP contribution in [0.3, 0.4) is 0 Å². The first-order valence-electron chi connectivity index (χ1n) is 3.94. The summed E-state index contributed by atoms with van der Waals surface area (Å²) in [6.45, 7) is 4.24. The maximum absolute atomic E-state index is 5.58. The summed E-state index contributed by atoms with van der Waals surface area (Å²) in [6.07, 6.45) is 3.59. The fraction of sp³-hybridized carbons (Fsp3) is 0.714. The van der Waals surface area contributed by atoms with Crippen molar-refractivity contribution in [2.24, 2.45) is 0 Å². The molecule has 62 valence electrons. The number of nitrogens with zero attached hydrogens (tertiary/aromatic N) is 3. The van der Waals surface area contributed by atoms with Crippen LogP contribution in [-0.4, -0.2) is 14.8 Å². The first kappa shape index (κ1) is 8.04. The average Bonchev–Trinajstić information content (AvgIpc) is 2.40. The molecule has 1 rings (SSSR count). The number of aromatic nitrogens is 3. The number of anilines is 1. The highest BCUT2D eigenvalue weighted by atomic mass is 15.4. The second-order valence-corrected chi connectivity index (χ2v) is 2.53. The molecule has 0 amide bonds. The van der Waals surface area contributed by atoms with E-state index in [1.807, 2.05) is 0 Å². The molecule has 0 aromatic carbocycles. The van der Waals surface area contributed by atoms with Gasteiger partial charge in [-0.05, 0) is 12.8 Å². The number of nitrogen functional groups attached to an aromatic ring is 1. The normalized spacial score (nSPS) is 10.8. The predicted octanol–water partition coefficient (Wildman–Crippen LogP) is 1.22. The van der Waals surface area contributed by atoms with Crippen molar-refractivity contribution in [1.29, 1.82) is 0 Å². The molecule has 0 fully saturated rings. The second-order valence-electron chi connectivity index (χ2n) is 2.53. The zero-order valence-electron chi connectivity index (χ0n) is 6.99. The van der Waals surface area contributed by atoms with Crippen LogP contribution in [0.25, 0.3) is 0 Å². The van der Waals surface area contributed by atoms with E-state index in [1.165, 1.54) is 6.33 Å². The van der Waals surface area contributed by atoms with Gasteiger partial charge in [-0.25, -0.2) is 9.67 Å². The van der Waals surface area contributed by atoms with Crippen LogP contribution in [0.2, 0.25) is 0 Å². The lowest BCUT2D eigenvalue weighted by molar-refractivity contribution is 0.434. The highest BCUT2D eigenvalue weighted by molar-refractivity contribution is 5.13. The topological polar surface area (TPSA) is 56.7 Å². The van der Waals surface area contributed by atoms with Crippen molar-refractivity contribution in [3.63, 3.8) is 0 Å². The molecule has 4 heteroatoms. The zero-order valence-corrected chi connectivity index (χ0v) is 6.99. The van der Waals surface area contributed by atoms with Gasteiger partial charge in [-0.2, -0.15) is 5.10 Å². The minimum atomic E-state index is 0.400. The van der Waals surface area contributed by atoms with Crippen LogP contribution in [0, 0.1) is 0 Å². The Bertz CT molecular complexity index is 214. The summed E-state index contributed by atoms with van der Waals surface area (Å²) >= 11 is 0. The van der Waals surface area contributed by atoms with Gasteiger partial charge in [0, 0.05) is 0 Å². The van der Waals surface area contributed by atoms with Crippen molar-refractivity contribution >= 4 is 5.95 Å². The van der Waals surface area contributed by atoms with Crippen molar-refractivity contribution in [2.45, 2.75) is 32.7 Å². The van der Waals surface area contributed by atoms with Gasteiger partial charge in [0.05, 0.1) is 6.04 Å². The molecular formula is C7H14N4. The fourth-order valence-corrected chi connectivity index (χ4v) is 1.17. The average molecular weight is 154 g/mol. The fourth-order valence-electron chi connectivity index (χ4n) is 1.17. The summed E-state index contributed by atoms with van der Waals surface area (Å²) in [6, 6.07) is 0.400. The number of hydrogen-bond acceptors (Lipinski definition) is 3. The Morgan fingerprint density at radius 1 is 1.55 bits per heavy atom. The van der Waals surface area contributed by atoms with Crippen LogP contribution in [0.1, 0.15) is 32.7 Å². The third kappa shape index (κ3) is 1.50. The second kappa shape index (κ2) is 3.37. The third-order valence-electron chi connectivity index (χ3n) is 1.89. The van der Waals surface area contributed by atoms with Gasteiger partial charge in [0.15, 0.2) is 0 Å². The highest BCUT2D eigenvalue weighted by Gasteiger charge is 2.09. The third-order valence-corrected chi connectivity index (χ3v) is 1.89. The van der Waals surface area contributed by atoms with Gasteiger partial charge in [-0.15, -0.1) is 0 Å². The standard InChI is InChI=1S/C7H14N4/c1-3-6(4-2)11-7(8)9-5-10-11/h5-6H,3-4H2,1-2H3,(H2,8,9,10). The number of nitrogens with two attached hydrogens (primary N) is 1. The minimum absolute atomic E-state index is 0.400. The van der Waals surface area contributed by atoms with Gasteiger partial charge in [-0.1, -0.05) is 13.8 Å². The maximum Gasteiger partial charge on any atom is 0.218 e. The molecule has 0 bridgehead atoms. The molecule has 1 aromatic heterocycles. The van der Waals surface area contributed by atoms with Crippen molar-refractivity contribution in [2.75, 3.05) is 5.73 Å². The smallest absolute Gasteiger partial charge is 0.218 e. The largest absolute Gasteiger partial charge is 0.368 e. The van der Waals surface area contributed by atoms with Crippen molar-refractivity contribution in [1.82, 2.24) is 14.8 Å². The Balaban J connectivity index is 2.81. The first-order valence-corrected chi connectivity index (χ1v) is 3.94. The minimum Gasteiger partial charge on any atom is -0.368 e. The SMILES string of the molecule is CCC(CC)n1ncnc1N. The Morgan fingerprint density at radius 2 is 2.18 bits per heavy atom.